The van der Waals surface area contributed by atoms with Crippen LogP contribution in [0.15, 0.2) is 87.7 Å². The zero-order valence-corrected chi connectivity index (χ0v) is 14.8. The lowest BCUT2D eigenvalue weighted by atomic mass is 10.0. The van der Waals surface area contributed by atoms with Crippen LogP contribution in [0.1, 0.15) is 11.1 Å². The largest absolute Gasteiger partial charge is 0.410 e. The van der Waals surface area contributed by atoms with Crippen LogP contribution in [0, 0.1) is 0 Å². The number of oxime groups is 1. The number of benzene rings is 3. The molecule has 1 N–H and O–H groups in total. The summed E-state index contributed by atoms with van der Waals surface area (Å²) in [4.78, 5) is 2.20. The number of hydrogen-bond acceptors (Lipinski definition) is 3. The Balaban J connectivity index is 1.80. The van der Waals surface area contributed by atoms with Gasteiger partial charge in [-0.05, 0) is 48.5 Å². The number of rotatable bonds is 4. The molecule has 0 fully saturated rings. The molecule has 0 atom stereocenters. The van der Waals surface area contributed by atoms with E-state index in [0.29, 0.717) is 10.7 Å². The molecule has 120 valence electrons. The summed E-state index contributed by atoms with van der Waals surface area (Å²) in [5.41, 5.74) is 2.15. The van der Waals surface area contributed by atoms with Crippen molar-refractivity contribution < 1.29 is 5.21 Å². The Labute approximate surface area is 154 Å². The van der Waals surface area contributed by atoms with E-state index >= 15 is 0 Å². The second kappa shape index (κ2) is 7.75. The summed E-state index contributed by atoms with van der Waals surface area (Å²) < 4.78 is 0. The van der Waals surface area contributed by atoms with Gasteiger partial charge in [0.25, 0.3) is 0 Å². The van der Waals surface area contributed by atoms with Gasteiger partial charge in [0, 0.05) is 31.0 Å². The van der Waals surface area contributed by atoms with Crippen LogP contribution in [0.2, 0.25) is 10.0 Å². The molecule has 0 aliphatic rings. The third-order valence-electron chi connectivity index (χ3n) is 3.39. The van der Waals surface area contributed by atoms with Gasteiger partial charge in [0.15, 0.2) is 0 Å². The summed E-state index contributed by atoms with van der Waals surface area (Å²) in [7, 11) is 0. The van der Waals surface area contributed by atoms with E-state index in [1.807, 2.05) is 60.7 Å². The topological polar surface area (TPSA) is 32.6 Å². The molecule has 0 bridgehead atoms. The maximum Gasteiger partial charge on any atom is 0.117 e. The molecule has 3 aromatic rings. The number of hydrogen-bond donors (Lipinski definition) is 1. The normalized spacial score (nSPS) is 11.5. The van der Waals surface area contributed by atoms with Crippen LogP contribution in [0.5, 0.6) is 0 Å². The van der Waals surface area contributed by atoms with Crippen LogP contribution < -0.4 is 0 Å². The Hall–Kier alpha value is -1.94. The second-order valence-corrected chi connectivity index (χ2v) is 7.06. The summed E-state index contributed by atoms with van der Waals surface area (Å²) in [6.45, 7) is 0. The number of halogens is 2. The highest BCUT2D eigenvalue weighted by Gasteiger charge is 2.08. The zero-order chi connectivity index (χ0) is 16.9. The third-order valence-corrected chi connectivity index (χ3v) is 4.91. The minimum Gasteiger partial charge on any atom is -0.410 e. The first-order valence-electron chi connectivity index (χ1n) is 7.17. The van der Waals surface area contributed by atoms with E-state index in [9.17, 15) is 5.21 Å². The summed E-state index contributed by atoms with van der Waals surface area (Å²) in [5, 5.41) is 14.2. The van der Waals surface area contributed by atoms with Gasteiger partial charge in [0.1, 0.15) is 5.71 Å². The van der Waals surface area contributed by atoms with Crippen molar-refractivity contribution in [1.29, 1.82) is 0 Å². The molecular weight excluding hydrogens is 361 g/mol. The fraction of sp³-hybridized carbons (Fsp3) is 0. The van der Waals surface area contributed by atoms with Crippen molar-refractivity contribution in [3.8, 4) is 0 Å². The van der Waals surface area contributed by atoms with Crippen LogP contribution in [-0.4, -0.2) is 10.9 Å². The van der Waals surface area contributed by atoms with Crippen molar-refractivity contribution in [3.05, 3.63) is 94.0 Å². The molecule has 0 spiro atoms. The molecule has 24 heavy (non-hydrogen) atoms. The van der Waals surface area contributed by atoms with Gasteiger partial charge in [0.05, 0.1) is 0 Å². The maximum atomic E-state index is 9.37. The van der Waals surface area contributed by atoms with Gasteiger partial charge in [-0.1, -0.05) is 64.4 Å². The predicted octanol–water partition coefficient (Wildman–Crippen LogP) is 6.37. The second-order valence-electron chi connectivity index (χ2n) is 5.04. The van der Waals surface area contributed by atoms with Crippen molar-refractivity contribution in [3.63, 3.8) is 0 Å². The van der Waals surface area contributed by atoms with Gasteiger partial charge in [-0.2, -0.15) is 0 Å². The Morgan fingerprint density at radius 2 is 1.04 bits per heavy atom. The van der Waals surface area contributed by atoms with Gasteiger partial charge >= 0.3 is 0 Å². The molecule has 0 aromatic heterocycles. The van der Waals surface area contributed by atoms with Crippen molar-refractivity contribution in [2.45, 2.75) is 9.79 Å². The molecule has 0 aliphatic carbocycles. The van der Waals surface area contributed by atoms with Gasteiger partial charge in [-0.25, -0.2) is 0 Å². The third kappa shape index (κ3) is 4.12. The highest BCUT2D eigenvalue weighted by Crippen LogP contribution is 2.29. The van der Waals surface area contributed by atoms with Crippen molar-refractivity contribution in [2.24, 2.45) is 5.16 Å². The Morgan fingerprint density at radius 1 is 0.667 bits per heavy atom. The summed E-state index contributed by atoms with van der Waals surface area (Å²) in [6.07, 6.45) is 0. The first-order valence-corrected chi connectivity index (χ1v) is 8.75. The molecule has 0 unspecified atom stereocenters. The van der Waals surface area contributed by atoms with Crippen molar-refractivity contribution in [2.75, 3.05) is 0 Å². The fourth-order valence-electron chi connectivity index (χ4n) is 2.21. The van der Waals surface area contributed by atoms with E-state index in [0.717, 1.165) is 25.9 Å². The lowest BCUT2D eigenvalue weighted by Crippen LogP contribution is -2.02. The van der Waals surface area contributed by atoms with Crippen LogP contribution in [0.3, 0.4) is 0 Å². The molecule has 0 saturated heterocycles. The van der Waals surface area contributed by atoms with Crippen LogP contribution in [-0.2, 0) is 0 Å². The monoisotopic (exact) mass is 373 g/mol. The van der Waals surface area contributed by atoms with E-state index in [4.69, 9.17) is 23.2 Å². The zero-order valence-electron chi connectivity index (χ0n) is 12.5. The fourth-order valence-corrected chi connectivity index (χ4v) is 3.28. The molecule has 0 amide bonds. The molecule has 3 aromatic carbocycles. The predicted molar refractivity (Wildman–Crippen MR) is 101 cm³/mol. The summed E-state index contributed by atoms with van der Waals surface area (Å²) in [6, 6.07) is 22.8. The Morgan fingerprint density at radius 3 is 1.50 bits per heavy atom. The quantitative estimate of drug-likeness (QED) is 0.327. The first-order chi connectivity index (χ1) is 11.7. The van der Waals surface area contributed by atoms with Crippen LogP contribution in [0.4, 0.5) is 0 Å². The van der Waals surface area contributed by atoms with E-state index < -0.39 is 0 Å². The molecule has 0 saturated carbocycles. The van der Waals surface area contributed by atoms with E-state index in [1.165, 1.54) is 0 Å². The molecule has 0 radical (unpaired) electrons. The lowest BCUT2D eigenvalue weighted by Gasteiger charge is -2.07. The van der Waals surface area contributed by atoms with Crippen LogP contribution in [0.25, 0.3) is 0 Å². The first kappa shape index (κ1) is 16.9. The SMILES string of the molecule is ON=C(c1ccc(Cl)cc1)c1ccc(Sc2ccc(Cl)cc2)cc1. The smallest absolute Gasteiger partial charge is 0.117 e. The van der Waals surface area contributed by atoms with E-state index in [1.54, 1.807) is 23.9 Å². The molecule has 3 rings (SSSR count). The average Bonchev–Trinajstić information content (AvgIpc) is 2.61. The maximum absolute atomic E-state index is 9.37. The van der Waals surface area contributed by atoms with Crippen molar-refractivity contribution in [1.82, 2.24) is 0 Å². The highest BCUT2D eigenvalue weighted by atomic mass is 35.5. The minimum atomic E-state index is 0.509. The lowest BCUT2D eigenvalue weighted by molar-refractivity contribution is 0.319. The Bertz CT molecular complexity index is 844. The standard InChI is InChI=1S/C19H13Cl2NOS/c20-15-5-1-13(2-6-15)19(22-23)14-3-9-17(10-4-14)24-18-11-7-16(21)8-12-18/h1-12,23H. The number of nitrogens with zero attached hydrogens (tertiary/aromatic N) is 1. The van der Waals surface area contributed by atoms with Gasteiger partial charge in [-0.3, -0.25) is 0 Å². The van der Waals surface area contributed by atoms with Crippen LogP contribution >= 0.6 is 35.0 Å². The summed E-state index contributed by atoms with van der Waals surface area (Å²) >= 11 is 13.4. The van der Waals surface area contributed by atoms with E-state index in [2.05, 4.69) is 5.16 Å². The van der Waals surface area contributed by atoms with E-state index in [-0.39, 0.29) is 0 Å². The van der Waals surface area contributed by atoms with Crippen molar-refractivity contribution >= 4 is 40.7 Å². The van der Waals surface area contributed by atoms with Gasteiger partial charge in [0.2, 0.25) is 0 Å². The van der Waals surface area contributed by atoms with Gasteiger partial charge < -0.3 is 5.21 Å². The Kier molecular flexibility index (Phi) is 5.46. The molecule has 2 nitrogen and oxygen atoms in total. The molecule has 5 heteroatoms. The highest BCUT2D eigenvalue weighted by molar-refractivity contribution is 7.99. The molecule has 0 heterocycles. The summed E-state index contributed by atoms with van der Waals surface area (Å²) in [5.74, 6) is 0. The molecular formula is C19H13Cl2NOS. The van der Waals surface area contributed by atoms with Gasteiger partial charge in [-0.15, -0.1) is 0 Å². The minimum absolute atomic E-state index is 0.509. The average molecular weight is 374 g/mol. The molecule has 0 aliphatic heterocycles.